The number of aliphatic imine (C=N–C) groups is 1. The second-order valence-corrected chi connectivity index (χ2v) is 7.64. The average Bonchev–Trinajstić information content (AvgIpc) is 2.56. The molecule has 0 spiro atoms. The van der Waals surface area contributed by atoms with Crippen molar-refractivity contribution in [2.24, 2.45) is 4.99 Å². The summed E-state index contributed by atoms with van der Waals surface area (Å²) in [5.41, 5.74) is 2.16. The summed E-state index contributed by atoms with van der Waals surface area (Å²) in [6, 6.07) is 17.0. The Morgan fingerprint density at radius 3 is 2.26 bits per heavy atom. The number of hydrogen-bond donors (Lipinski definition) is 0. The number of rotatable bonds is 3. The van der Waals surface area contributed by atoms with E-state index in [1.165, 1.54) is 4.31 Å². The molecule has 5 heteroatoms. The van der Waals surface area contributed by atoms with E-state index in [4.69, 9.17) is 0 Å². The van der Waals surface area contributed by atoms with Crippen LogP contribution in [0.25, 0.3) is 0 Å². The highest BCUT2D eigenvalue weighted by molar-refractivity contribution is 7.89. The molecule has 0 bridgehead atoms. The van der Waals surface area contributed by atoms with Gasteiger partial charge in [-0.2, -0.15) is 0 Å². The van der Waals surface area contributed by atoms with Gasteiger partial charge in [0.05, 0.1) is 10.9 Å². The highest BCUT2D eigenvalue weighted by atomic mass is 32.2. The summed E-state index contributed by atoms with van der Waals surface area (Å²) in [6.07, 6.45) is 0.687. The van der Waals surface area contributed by atoms with Crippen molar-refractivity contribution in [3.05, 3.63) is 65.7 Å². The van der Waals surface area contributed by atoms with Crippen LogP contribution in [0.3, 0.4) is 0 Å². The van der Waals surface area contributed by atoms with Crippen molar-refractivity contribution in [3.63, 3.8) is 0 Å². The molecule has 1 unspecified atom stereocenters. The smallest absolute Gasteiger partial charge is 0.264 e. The summed E-state index contributed by atoms with van der Waals surface area (Å²) >= 11 is 0. The Bertz CT molecular complexity index is 812. The molecule has 1 heterocycles. The lowest BCUT2D eigenvalue weighted by atomic mass is 10.0. The predicted octanol–water partition coefficient (Wildman–Crippen LogP) is 3.55. The fourth-order valence-electron chi connectivity index (χ4n) is 2.80. The first-order valence-corrected chi connectivity index (χ1v) is 9.11. The maximum atomic E-state index is 12.8. The number of aryl methyl sites for hydroxylation is 1. The van der Waals surface area contributed by atoms with Gasteiger partial charge in [-0.25, -0.2) is 8.42 Å². The van der Waals surface area contributed by atoms with Crippen LogP contribution < -0.4 is 0 Å². The first-order valence-electron chi connectivity index (χ1n) is 7.67. The van der Waals surface area contributed by atoms with E-state index in [-0.39, 0.29) is 6.04 Å². The fourth-order valence-corrected chi connectivity index (χ4v) is 4.28. The molecular formula is C18H20N2O2S. The second-order valence-electron chi connectivity index (χ2n) is 5.78. The van der Waals surface area contributed by atoms with Crippen molar-refractivity contribution in [1.82, 2.24) is 4.31 Å². The van der Waals surface area contributed by atoms with Crippen LogP contribution in [-0.4, -0.2) is 25.1 Å². The topological polar surface area (TPSA) is 49.7 Å². The van der Waals surface area contributed by atoms with Crippen LogP contribution in [0.1, 0.15) is 30.5 Å². The Labute approximate surface area is 137 Å². The third-order valence-electron chi connectivity index (χ3n) is 4.10. The van der Waals surface area contributed by atoms with Crippen molar-refractivity contribution in [3.8, 4) is 0 Å². The van der Waals surface area contributed by atoms with Crippen LogP contribution in [0.15, 0.2) is 64.5 Å². The lowest BCUT2D eigenvalue weighted by molar-refractivity contribution is 0.464. The minimum atomic E-state index is -3.53. The standard InChI is InChI=1S/C18H20N2O2S/c1-14-8-10-17(11-9-14)23(21,22)20-13-12-18(19-15(20)2)16-6-4-3-5-7-16/h3-11,18H,12-13H2,1-2H3. The van der Waals surface area contributed by atoms with Gasteiger partial charge in [-0.3, -0.25) is 9.30 Å². The summed E-state index contributed by atoms with van der Waals surface area (Å²) in [4.78, 5) is 4.92. The van der Waals surface area contributed by atoms with E-state index in [0.29, 0.717) is 23.7 Å². The van der Waals surface area contributed by atoms with Crippen LogP contribution in [0.2, 0.25) is 0 Å². The quantitative estimate of drug-likeness (QED) is 0.865. The Kier molecular flexibility index (Phi) is 4.22. The second kappa shape index (κ2) is 6.16. The summed E-state index contributed by atoms with van der Waals surface area (Å²) in [6.45, 7) is 4.15. The number of sulfonamides is 1. The van der Waals surface area contributed by atoms with Gasteiger partial charge in [0.2, 0.25) is 0 Å². The average molecular weight is 328 g/mol. The summed E-state index contributed by atoms with van der Waals surface area (Å²) < 4.78 is 27.0. The highest BCUT2D eigenvalue weighted by Crippen LogP contribution is 2.28. The van der Waals surface area contributed by atoms with E-state index in [9.17, 15) is 8.42 Å². The molecular weight excluding hydrogens is 308 g/mol. The van der Waals surface area contributed by atoms with Crippen molar-refractivity contribution >= 4 is 15.9 Å². The lowest BCUT2D eigenvalue weighted by Gasteiger charge is -2.30. The van der Waals surface area contributed by atoms with Gasteiger partial charge >= 0.3 is 0 Å². The van der Waals surface area contributed by atoms with Gasteiger partial charge in [0, 0.05) is 6.54 Å². The number of nitrogens with zero attached hydrogens (tertiary/aromatic N) is 2. The van der Waals surface area contributed by atoms with Gasteiger partial charge in [-0.1, -0.05) is 48.0 Å². The molecule has 1 aliphatic rings. The van der Waals surface area contributed by atoms with E-state index in [2.05, 4.69) is 4.99 Å². The zero-order chi connectivity index (χ0) is 16.4. The molecule has 4 nitrogen and oxygen atoms in total. The Morgan fingerprint density at radius 1 is 1.00 bits per heavy atom. The van der Waals surface area contributed by atoms with E-state index >= 15 is 0 Å². The minimum absolute atomic E-state index is 0.0284. The first kappa shape index (κ1) is 15.7. The molecule has 0 amide bonds. The Hall–Kier alpha value is -2.14. The maximum absolute atomic E-state index is 12.8. The van der Waals surface area contributed by atoms with Crippen molar-refractivity contribution in [2.45, 2.75) is 31.2 Å². The van der Waals surface area contributed by atoms with Crippen LogP contribution in [0.5, 0.6) is 0 Å². The monoisotopic (exact) mass is 328 g/mol. The molecule has 1 aliphatic heterocycles. The SMILES string of the molecule is CC1=NC(c2ccccc2)CCN1S(=O)(=O)c1ccc(C)cc1. The van der Waals surface area contributed by atoms with E-state index in [1.807, 2.05) is 49.4 Å². The zero-order valence-corrected chi connectivity index (χ0v) is 14.1. The van der Waals surface area contributed by atoms with Crippen molar-refractivity contribution in [2.75, 3.05) is 6.54 Å². The van der Waals surface area contributed by atoms with Crippen molar-refractivity contribution < 1.29 is 8.42 Å². The first-order chi connectivity index (χ1) is 11.0. The maximum Gasteiger partial charge on any atom is 0.265 e. The normalized spacial score (nSPS) is 18.6. The van der Waals surface area contributed by atoms with Gasteiger partial charge in [0.15, 0.2) is 0 Å². The van der Waals surface area contributed by atoms with E-state index in [1.54, 1.807) is 19.1 Å². The molecule has 0 saturated carbocycles. The molecule has 0 radical (unpaired) electrons. The fraction of sp³-hybridized carbons (Fsp3) is 0.278. The molecule has 120 valence electrons. The number of amidine groups is 1. The van der Waals surface area contributed by atoms with E-state index in [0.717, 1.165) is 11.1 Å². The van der Waals surface area contributed by atoms with Gasteiger partial charge in [-0.05, 0) is 38.0 Å². The van der Waals surface area contributed by atoms with Gasteiger partial charge in [0.1, 0.15) is 5.84 Å². The number of hydrogen-bond acceptors (Lipinski definition) is 3. The molecule has 1 atom stereocenters. The predicted molar refractivity (Wildman–Crippen MR) is 92.0 cm³/mol. The molecule has 2 aromatic rings. The molecule has 0 aromatic heterocycles. The minimum Gasteiger partial charge on any atom is -0.264 e. The van der Waals surface area contributed by atoms with Crippen LogP contribution in [0, 0.1) is 6.92 Å². The molecule has 0 N–H and O–H groups in total. The summed E-state index contributed by atoms with van der Waals surface area (Å²) in [7, 11) is -3.53. The van der Waals surface area contributed by atoms with Gasteiger partial charge < -0.3 is 0 Å². The van der Waals surface area contributed by atoms with Crippen LogP contribution >= 0.6 is 0 Å². The van der Waals surface area contributed by atoms with Crippen LogP contribution in [0.4, 0.5) is 0 Å². The third kappa shape index (κ3) is 3.15. The van der Waals surface area contributed by atoms with Crippen LogP contribution in [-0.2, 0) is 10.0 Å². The van der Waals surface area contributed by atoms with Gasteiger partial charge in [-0.15, -0.1) is 0 Å². The molecule has 3 rings (SSSR count). The van der Waals surface area contributed by atoms with Crippen molar-refractivity contribution in [1.29, 1.82) is 0 Å². The molecule has 0 fully saturated rings. The molecule has 23 heavy (non-hydrogen) atoms. The highest BCUT2D eigenvalue weighted by Gasteiger charge is 2.30. The van der Waals surface area contributed by atoms with E-state index < -0.39 is 10.0 Å². The largest absolute Gasteiger partial charge is 0.265 e. The molecule has 0 aliphatic carbocycles. The molecule has 0 saturated heterocycles. The summed E-state index contributed by atoms with van der Waals surface area (Å²) in [5, 5.41) is 0. The van der Waals surface area contributed by atoms with Gasteiger partial charge in [0.25, 0.3) is 10.0 Å². The Balaban J connectivity index is 1.89. The zero-order valence-electron chi connectivity index (χ0n) is 13.3. The molecule has 2 aromatic carbocycles. The number of benzene rings is 2. The third-order valence-corrected chi connectivity index (χ3v) is 6.00. The Morgan fingerprint density at radius 2 is 1.65 bits per heavy atom. The lowest BCUT2D eigenvalue weighted by Crippen LogP contribution is -2.39. The summed E-state index contributed by atoms with van der Waals surface area (Å²) in [5.74, 6) is 0.547.